The van der Waals surface area contributed by atoms with Crippen LogP contribution in [0.15, 0.2) is 48.2 Å². The third-order valence-corrected chi connectivity index (χ3v) is 6.43. The van der Waals surface area contributed by atoms with Crippen molar-refractivity contribution in [3.8, 4) is 11.3 Å². The number of hydrogen-bond acceptors (Lipinski definition) is 6. The molecule has 7 nitrogen and oxygen atoms in total. The number of thiophene rings is 1. The lowest BCUT2D eigenvalue weighted by atomic mass is 10.0. The van der Waals surface area contributed by atoms with E-state index < -0.39 is 0 Å². The second kappa shape index (κ2) is 8.56. The molecule has 0 bridgehead atoms. The van der Waals surface area contributed by atoms with E-state index in [0.717, 1.165) is 52.0 Å². The van der Waals surface area contributed by atoms with E-state index in [9.17, 15) is 4.79 Å². The summed E-state index contributed by atoms with van der Waals surface area (Å²) in [4.78, 5) is 21.9. The van der Waals surface area contributed by atoms with E-state index in [1.807, 2.05) is 49.2 Å². The number of rotatable bonds is 6. The van der Waals surface area contributed by atoms with Crippen LogP contribution in [0.5, 0.6) is 0 Å². The van der Waals surface area contributed by atoms with E-state index in [0.29, 0.717) is 18.7 Å². The van der Waals surface area contributed by atoms with Gasteiger partial charge in [0.1, 0.15) is 5.69 Å². The van der Waals surface area contributed by atoms with Gasteiger partial charge in [-0.15, -0.1) is 11.3 Å². The second-order valence-corrected chi connectivity index (χ2v) is 8.69. The average molecular weight is 434 g/mol. The lowest BCUT2D eigenvalue weighted by Gasteiger charge is -2.11. The van der Waals surface area contributed by atoms with Crippen molar-refractivity contribution >= 4 is 27.5 Å². The molecule has 5 rings (SSSR count). The summed E-state index contributed by atoms with van der Waals surface area (Å²) < 4.78 is 8.47. The fourth-order valence-corrected chi connectivity index (χ4v) is 4.70. The van der Waals surface area contributed by atoms with Gasteiger partial charge in [-0.1, -0.05) is 6.07 Å². The first-order valence-electron chi connectivity index (χ1n) is 10.4. The van der Waals surface area contributed by atoms with Gasteiger partial charge in [0, 0.05) is 44.6 Å². The maximum atomic E-state index is 12.7. The molecular formula is C23H23N5O2S. The molecule has 5 heterocycles. The maximum Gasteiger partial charge on any atom is 0.270 e. The monoisotopic (exact) mass is 433 g/mol. The summed E-state index contributed by atoms with van der Waals surface area (Å²) in [7, 11) is 1.89. The molecule has 1 aliphatic rings. The number of aryl methyl sites for hydroxylation is 1. The van der Waals surface area contributed by atoms with Crippen LogP contribution in [0.3, 0.4) is 0 Å². The first-order chi connectivity index (χ1) is 15.2. The van der Waals surface area contributed by atoms with Crippen LogP contribution in [-0.4, -0.2) is 44.9 Å². The molecule has 1 amide bonds. The van der Waals surface area contributed by atoms with Crippen molar-refractivity contribution in [2.45, 2.75) is 25.4 Å². The molecule has 0 radical (unpaired) electrons. The van der Waals surface area contributed by atoms with Crippen molar-refractivity contribution in [1.29, 1.82) is 0 Å². The number of nitrogens with zero attached hydrogens (tertiary/aromatic N) is 4. The molecule has 31 heavy (non-hydrogen) atoms. The molecule has 8 heteroatoms. The van der Waals surface area contributed by atoms with E-state index in [1.54, 1.807) is 16.0 Å². The molecule has 0 aromatic carbocycles. The van der Waals surface area contributed by atoms with Crippen LogP contribution in [-0.2, 0) is 18.2 Å². The number of pyridine rings is 2. The Balaban J connectivity index is 1.36. The average Bonchev–Trinajstić information content (AvgIpc) is 3.54. The lowest BCUT2D eigenvalue weighted by molar-refractivity contribution is 0.0854. The topological polar surface area (TPSA) is 81.9 Å². The van der Waals surface area contributed by atoms with E-state index in [4.69, 9.17) is 4.74 Å². The highest BCUT2D eigenvalue weighted by molar-refractivity contribution is 7.17. The molecule has 158 valence electrons. The molecule has 4 aromatic rings. The van der Waals surface area contributed by atoms with Gasteiger partial charge >= 0.3 is 0 Å². The molecule has 1 saturated heterocycles. The summed E-state index contributed by atoms with van der Waals surface area (Å²) in [5.74, 6) is -0.157. The molecule has 1 N–H and O–H groups in total. The zero-order chi connectivity index (χ0) is 21.2. The summed E-state index contributed by atoms with van der Waals surface area (Å²) in [6.07, 6.45) is 8.48. The fourth-order valence-electron chi connectivity index (χ4n) is 3.85. The first-order valence-corrected chi connectivity index (χ1v) is 11.2. The Hall–Kier alpha value is -3.10. The molecule has 1 aliphatic heterocycles. The minimum absolute atomic E-state index is 0.109. The van der Waals surface area contributed by atoms with Gasteiger partial charge in [-0.25, -0.2) is 4.98 Å². The van der Waals surface area contributed by atoms with Crippen LogP contribution >= 0.6 is 11.3 Å². The zero-order valence-corrected chi connectivity index (χ0v) is 18.1. The van der Waals surface area contributed by atoms with Gasteiger partial charge < -0.3 is 10.1 Å². The van der Waals surface area contributed by atoms with Crippen molar-refractivity contribution < 1.29 is 9.53 Å². The van der Waals surface area contributed by atoms with Gasteiger partial charge in [-0.2, -0.15) is 5.10 Å². The summed E-state index contributed by atoms with van der Waals surface area (Å²) in [6, 6.07) is 7.95. The Kier molecular flexibility index (Phi) is 5.48. The molecular weight excluding hydrogens is 410 g/mol. The Labute approximate surface area is 184 Å². The smallest absolute Gasteiger partial charge is 0.270 e. The van der Waals surface area contributed by atoms with Gasteiger partial charge in [0.15, 0.2) is 0 Å². The second-order valence-electron chi connectivity index (χ2n) is 7.78. The fraction of sp³-hybridized carbons (Fsp3) is 0.304. The largest absolute Gasteiger partial charge is 0.376 e. The van der Waals surface area contributed by atoms with Crippen LogP contribution in [0.1, 0.15) is 34.5 Å². The summed E-state index contributed by atoms with van der Waals surface area (Å²) >= 11 is 1.64. The van der Waals surface area contributed by atoms with Gasteiger partial charge in [0.2, 0.25) is 0 Å². The number of ether oxygens (including phenoxy) is 1. The van der Waals surface area contributed by atoms with E-state index >= 15 is 0 Å². The first kappa shape index (κ1) is 19.8. The Morgan fingerprint density at radius 3 is 3.00 bits per heavy atom. The maximum absolute atomic E-state index is 12.7. The highest BCUT2D eigenvalue weighted by Gasteiger charge is 2.18. The van der Waals surface area contributed by atoms with Crippen molar-refractivity contribution in [2.24, 2.45) is 7.05 Å². The molecule has 0 spiro atoms. The van der Waals surface area contributed by atoms with Gasteiger partial charge in [-0.05, 0) is 47.5 Å². The van der Waals surface area contributed by atoms with Gasteiger partial charge in [0.25, 0.3) is 5.91 Å². The van der Waals surface area contributed by atoms with Gasteiger partial charge in [0.05, 0.1) is 28.2 Å². The molecule has 1 atom stereocenters. The molecule has 0 aliphatic carbocycles. The van der Waals surface area contributed by atoms with Crippen molar-refractivity contribution in [3.63, 3.8) is 0 Å². The van der Waals surface area contributed by atoms with Crippen LogP contribution in [0, 0.1) is 0 Å². The number of hydrogen-bond donors (Lipinski definition) is 1. The Morgan fingerprint density at radius 1 is 1.32 bits per heavy atom. The van der Waals surface area contributed by atoms with E-state index in [2.05, 4.69) is 26.4 Å². The normalized spacial score (nSPS) is 16.1. The van der Waals surface area contributed by atoms with E-state index in [-0.39, 0.29) is 12.0 Å². The predicted molar refractivity (Wildman–Crippen MR) is 120 cm³/mol. The van der Waals surface area contributed by atoms with Crippen LogP contribution < -0.4 is 5.32 Å². The third-order valence-electron chi connectivity index (χ3n) is 5.45. The highest BCUT2D eigenvalue weighted by atomic mass is 32.1. The van der Waals surface area contributed by atoms with Crippen molar-refractivity contribution in [3.05, 3.63) is 65.1 Å². The zero-order valence-electron chi connectivity index (χ0n) is 17.2. The van der Waals surface area contributed by atoms with Crippen molar-refractivity contribution in [1.82, 2.24) is 25.1 Å². The minimum Gasteiger partial charge on any atom is -0.376 e. The van der Waals surface area contributed by atoms with Gasteiger partial charge in [-0.3, -0.25) is 14.5 Å². The number of carbonyl (C=O) groups excluding carboxylic acids is 1. The standard InChI is InChI=1S/C23H23N5O2S/c1-28-14-17(12-26-28)19-5-4-15(11-24-19)9-16-10-21(27-20-6-8-31-22(16)20)23(29)25-13-18-3-2-7-30-18/h4-6,8,10-12,14,18H,2-3,7,9,13H2,1H3,(H,25,29)/t18-/m0/s1. The quantitative estimate of drug-likeness (QED) is 0.503. The number of aromatic nitrogens is 4. The SMILES string of the molecule is Cn1cc(-c2ccc(Cc3cc(C(=O)NC[C@@H]4CCCO4)nc4ccsc34)cn2)cn1. The number of carbonyl (C=O) groups is 1. The minimum atomic E-state index is -0.157. The summed E-state index contributed by atoms with van der Waals surface area (Å²) in [5.41, 5.74) is 5.34. The molecule has 4 aromatic heterocycles. The predicted octanol–water partition coefficient (Wildman–Crippen LogP) is 3.59. The van der Waals surface area contributed by atoms with Crippen LogP contribution in [0.4, 0.5) is 0 Å². The molecule has 0 unspecified atom stereocenters. The lowest BCUT2D eigenvalue weighted by Crippen LogP contribution is -2.32. The number of amides is 1. The van der Waals surface area contributed by atoms with Crippen LogP contribution in [0.25, 0.3) is 21.5 Å². The Bertz CT molecular complexity index is 1210. The van der Waals surface area contributed by atoms with E-state index in [1.165, 1.54) is 0 Å². The van der Waals surface area contributed by atoms with Crippen LogP contribution in [0.2, 0.25) is 0 Å². The molecule has 1 fully saturated rings. The third kappa shape index (κ3) is 4.35. The van der Waals surface area contributed by atoms with Crippen molar-refractivity contribution in [2.75, 3.05) is 13.2 Å². The summed E-state index contributed by atoms with van der Waals surface area (Å²) in [5, 5.41) is 9.19. The Morgan fingerprint density at radius 2 is 2.26 bits per heavy atom. The number of nitrogens with one attached hydrogen (secondary N) is 1. The highest BCUT2D eigenvalue weighted by Crippen LogP contribution is 2.27. The number of fused-ring (bicyclic) bond motifs is 1. The summed E-state index contributed by atoms with van der Waals surface area (Å²) in [6.45, 7) is 1.30. The molecule has 0 saturated carbocycles.